The van der Waals surface area contributed by atoms with Gasteiger partial charge in [0.05, 0.1) is 11.3 Å². The minimum Gasteiger partial charge on any atom is -0.304 e. The molecule has 102 valence electrons. The van der Waals surface area contributed by atoms with E-state index in [2.05, 4.69) is 13.8 Å². The van der Waals surface area contributed by atoms with Gasteiger partial charge in [-0.25, -0.2) is 0 Å². The third kappa shape index (κ3) is 2.42. The van der Waals surface area contributed by atoms with Crippen LogP contribution < -0.4 is 4.90 Å². The van der Waals surface area contributed by atoms with Gasteiger partial charge in [-0.15, -0.1) is 0 Å². The maximum absolute atomic E-state index is 12.1. The molecule has 0 spiro atoms. The van der Waals surface area contributed by atoms with Gasteiger partial charge in [0.15, 0.2) is 0 Å². The molecule has 0 radical (unpaired) electrons. The fourth-order valence-electron chi connectivity index (χ4n) is 2.87. The molecule has 1 amide bonds. The van der Waals surface area contributed by atoms with E-state index in [1.807, 2.05) is 26.0 Å². The first-order valence-corrected chi connectivity index (χ1v) is 6.93. The van der Waals surface area contributed by atoms with Crippen LogP contribution in [0.3, 0.4) is 0 Å². The highest BCUT2D eigenvalue weighted by Gasteiger charge is 2.37. The molecule has 1 aliphatic rings. The quantitative estimate of drug-likeness (QED) is 0.778. The molecule has 1 aliphatic heterocycles. The Bertz CT molecular complexity index is 534. The fraction of sp³-hybridized carbons (Fsp3) is 0.500. The Morgan fingerprint density at radius 2 is 1.89 bits per heavy atom. The number of hydrogen-bond donors (Lipinski definition) is 0. The van der Waals surface area contributed by atoms with Crippen molar-refractivity contribution < 1.29 is 9.59 Å². The Balaban J connectivity index is 2.38. The van der Waals surface area contributed by atoms with Crippen LogP contribution >= 0.6 is 0 Å². The van der Waals surface area contributed by atoms with Gasteiger partial charge in [0.1, 0.15) is 0 Å². The summed E-state index contributed by atoms with van der Waals surface area (Å²) in [5.74, 6) is -0.309. The third-order valence-electron chi connectivity index (χ3n) is 3.69. The summed E-state index contributed by atoms with van der Waals surface area (Å²) in [7, 11) is 0. The van der Waals surface area contributed by atoms with E-state index in [-0.39, 0.29) is 11.7 Å². The number of nitrogens with zero attached hydrogens (tertiary/aromatic N) is 1. The minimum absolute atomic E-state index is 0.351. The number of rotatable bonds is 4. The summed E-state index contributed by atoms with van der Waals surface area (Å²) in [5, 5.41) is 0. The number of carbonyl (C=O) groups is 2. The molecule has 0 N–H and O–H groups in total. The second-order valence-electron chi connectivity index (χ2n) is 5.61. The van der Waals surface area contributed by atoms with Crippen LogP contribution in [-0.2, 0) is 4.79 Å². The molecule has 3 heteroatoms. The molecular formula is C16H21NO2. The van der Waals surface area contributed by atoms with Gasteiger partial charge in [0.2, 0.25) is 0 Å². The number of carbonyl (C=O) groups excluding carboxylic acids is 2. The van der Waals surface area contributed by atoms with Crippen molar-refractivity contribution in [1.82, 2.24) is 0 Å². The zero-order valence-corrected chi connectivity index (χ0v) is 12.1. The van der Waals surface area contributed by atoms with Crippen LogP contribution in [-0.4, -0.2) is 18.2 Å². The first-order valence-electron chi connectivity index (χ1n) is 6.93. The fourth-order valence-corrected chi connectivity index (χ4v) is 2.87. The number of Topliss-reactive ketones (excluding diaryl/α,β-unsaturated/α-hetero) is 1. The van der Waals surface area contributed by atoms with Gasteiger partial charge in [-0.1, -0.05) is 26.3 Å². The van der Waals surface area contributed by atoms with E-state index >= 15 is 0 Å². The number of anilines is 1. The Labute approximate surface area is 114 Å². The van der Waals surface area contributed by atoms with Gasteiger partial charge >= 0.3 is 0 Å². The summed E-state index contributed by atoms with van der Waals surface area (Å²) < 4.78 is 0. The van der Waals surface area contributed by atoms with E-state index < -0.39 is 0 Å². The standard InChI is InChI=1S/C16H21NO2/c1-5-6-10(2)9-17-13-8-11(3)7-12(4)14(13)15(18)16(17)19/h7-8,10H,5-6,9H2,1-4H3. The Morgan fingerprint density at radius 3 is 2.53 bits per heavy atom. The lowest BCUT2D eigenvalue weighted by Gasteiger charge is -2.21. The average Bonchev–Trinajstić information content (AvgIpc) is 2.54. The first-order chi connectivity index (χ1) is 8.95. The van der Waals surface area contributed by atoms with Crippen LogP contribution in [0.1, 0.15) is 48.2 Å². The van der Waals surface area contributed by atoms with Crippen molar-refractivity contribution in [2.75, 3.05) is 11.4 Å². The van der Waals surface area contributed by atoms with E-state index in [4.69, 9.17) is 0 Å². The van der Waals surface area contributed by atoms with E-state index in [9.17, 15) is 9.59 Å². The zero-order valence-electron chi connectivity index (χ0n) is 12.1. The van der Waals surface area contributed by atoms with Crippen LogP contribution in [0.15, 0.2) is 12.1 Å². The van der Waals surface area contributed by atoms with Crippen LogP contribution in [0.4, 0.5) is 5.69 Å². The molecule has 3 nitrogen and oxygen atoms in total. The lowest BCUT2D eigenvalue weighted by atomic mass is 10.0. The third-order valence-corrected chi connectivity index (χ3v) is 3.69. The average molecular weight is 259 g/mol. The van der Waals surface area contributed by atoms with Crippen LogP contribution in [0.2, 0.25) is 0 Å². The van der Waals surface area contributed by atoms with Gasteiger partial charge in [-0.3, -0.25) is 9.59 Å². The first kappa shape index (κ1) is 13.8. The van der Waals surface area contributed by atoms with Gasteiger partial charge in [0.25, 0.3) is 11.7 Å². The summed E-state index contributed by atoms with van der Waals surface area (Å²) >= 11 is 0. The van der Waals surface area contributed by atoms with E-state index in [0.717, 1.165) is 29.7 Å². The number of benzene rings is 1. The van der Waals surface area contributed by atoms with Crippen molar-refractivity contribution in [2.45, 2.75) is 40.5 Å². The summed E-state index contributed by atoms with van der Waals surface area (Å²) in [5.41, 5.74) is 3.39. The lowest BCUT2D eigenvalue weighted by Crippen LogP contribution is -2.33. The number of fused-ring (bicyclic) bond motifs is 1. The summed E-state index contributed by atoms with van der Waals surface area (Å²) in [4.78, 5) is 25.9. The molecule has 0 fully saturated rings. The number of ketones is 1. The molecular weight excluding hydrogens is 238 g/mol. The van der Waals surface area contributed by atoms with Gasteiger partial charge in [-0.05, 0) is 43.4 Å². The van der Waals surface area contributed by atoms with Crippen molar-refractivity contribution in [3.05, 3.63) is 28.8 Å². The largest absolute Gasteiger partial charge is 0.304 e. The highest BCUT2D eigenvalue weighted by atomic mass is 16.2. The number of hydrogen-bond acceptors (Lipinski definition) is 2. The van der Waals surface area contributed by atoms with Gasteiger partial charge < -0.3 is 4.90 Å². The van der Waals surface area contributed by atoms with Crippen molar-refractivity contribution in [2.24, 2.45) is 5.92 Å². The second-order valence-corrected chi connectivity index (χ2v) is 5.61. The van der Waals surface area contributed by atoms with Crippen molar-refractivity contribution in [3.8, 4) is 0 Å². The lowest BCUT2D eigenvalue weighted by molar-refractivity contribution is -0.114. The zero-order chi connectivity index (χ0) is 14.2. The molecule has 0 aliphatic carbocycles. The maximum Gasteiger partial charge on any atom is 0.299 e. The summed E-state index contributed by atoms with van der Waals surface area (Å²) in [6, 6.07) is 3.91. The molecule has 1 aromatic rings. The van der Waals surface area contributed by atoms with E-state index in [1.54, 1.807) is 4.90 Å². The highest BCUT2D eigenvalue weighted by molar-refractivity contribution is 6.52. The predicted octanol–water partition coefficient (Wildman–Crippen LogP) is 3.27. The molecule has 1 unspecified atom stereocenters. The molecule has 1 aromatic carbocycles. The maximum atomic E-state index is 12.1. The Morgan fingerprint density at radius 1 is 1.21 bits per heavy atom. The smallest absolute Gasteiger partial charge is 0.299 e. The molecule has 1 atom stereocenters. The molecule has 0 bridgehead atoms. The molecule has 0 aromatic heterocycles. The highest BCUT2D eigenvalue weighted by Crippen LogP contribution is 2.33. The Hall–Kier alpha value is -1.64. The monoisotopic (exact) mass is 259 g/mol. The topological polar surface area (TPSA) is 37.4 Å². The van der Waals surface area contributed by atoms with Crippen molar-refractivity contribution in [1.29, 1.82) is 0 Å². The normalized spacial score (nSPS) is 15.9. The van der Waals surface area contributed by atoms with E-state index in [1.165, 1.54) is 0 Å². The molecule has 1 heterocycles. The van der Waals surface area contributed by atoms with Crippen LogP contribution in [0, 0.1) is 19.8 Å². The van der Waals surface area contributed by atoms with Crippen LogP contribution in [0.25, 0.3) is 0 Å². The number of amides is 1. The number of aryl methyl sites for hydroxylation is 2. The summed E-state index contributed by atoms with van der Waals surface area (Å²) in [6.45, 7) is 8.79. The van der Waals surface area contributed by atoms with E-state index in [0.29, 0.717) is 18.0 Å². The summed E-state index contributed by atoms with van der Waals surface area (Å²) in [6.07, 6.45) is 2.16. The minimum atomic E-state index is -0.369. The van der Waals surface area contributed by atoms with Gasteiger partial charge in [0, 0.05) is 6.54 Å². The van der Waals surface area contributed by atoms with Crippen molar-refractivity contribution in [3.63, 3.8) is 0 Å². The molecule has 0 saturated carbocycles. The SMILES string of the molecule is CCCC(C)CN1C(=O)C(=O)c2c(C)cc(C)cc21. The molecule has 19 heavy (non-hydrogen) atoms. The van der Waals surface area contributed by atoms with Gasteiger partial charge in [-0.2, -0.15) is 0 Å². The Kier molecular flexibility index (Phi) is 3.74. The van der Waals surface area contributed by atoms with Crippen molar-refractivity contribution >= 4 is 17.4 Å². The molecule has 2 rings (SSSR count). The predicted molar refractivity (Wildman–Crippen MR) is 76.7 cm³/mol. The second kappa shape index (κ2) is 5.16. The van der Waals surface area contributed by atoms with Crippen LogP contribution in [0.5, 0.6) is 0 Å². The molecule has 0 saturated heterocycles.